The summed E-state index contributed by atoms with van der Waals surface area (Å²) in [6.07, 6.45) is 2.54. The van der Waals surface area contributed by atoms with Crippen molar-refractivity contribution in [1.82, 2.24) is 0 Å². The Balaban J connectivity index is 2.08. The highest BCUT2D eigenvalue weighted by Crippen LogP contribution is 2.54. The molecule has 1 fully saturated rings. The maximum absolute atomic E-state index is 13.8. The summed E-state index contributed by atoms with van der Waals surface area (Å²) in [6, 6.07) is 4.81. The topological polar surface area (TPSA) is 52.3 Å². The van der Waals surface area contributed by atoms with Gasteiger partial charge in [-0.3, -0.25) is 4.57 Å². The highest BCUT2D eigenvalue weighted by molar-refractivity contribution is 7.59. The Hall–Kier alpha value is -0.860. The third-order valence-electron chi connectivity index (χ3n) is 3.47. The lowest BCUT2D eigenvalue weighted by Gasteiger charge is -2.28. The molecule has 0 spiro atoms. The van der Waals surface area contributed by atoms with E-state index >= 15 is 0 Å². The van der Waals surface area contributed by atoms with Crippen LogP contribution in [0.25, 0.3) is 0 Å². The molecule has 0 unspecified atom stereocenters. The zero-order valence-corrected chi connectivity index (χ0v) is 11.5. The van der Waals surface area contributed by atoms with Crippen LogP contribution in [0.1, 0.15) is 31.2 Å². The molecule has 0 radical (unpaired) electrons. The van der Waals surface area contributed by atoms with Crippen LogP contribution in [-0.4, -0.2) is 18.9 Å². The van der Waals surface area contributed by atoms with Gasteiger partial charge in [0.05, 0.1) is 6.61 Å². The second-order valence-corrected chi connectivity index (χ2v) is 7.52. The van der Waals surface area contributed by atoms with Gasteiger partial charge in [-0.2, -0.15) is 0 Å². The zero-order valence-electron chi connectivity index (χ0n) is 10.6. The third-order valence-corrected chi connectivity index (χ3v) is 6.07. The van der Waals surface area contributed by atoms with Gasteiger partial charge in [-0.05, 0) is 43.4 Å². The van der Waals surface area contributed by atoms with Gasteiger partial charge >= 0.3 is 0 Å². The van der Waals surface area contributed by atoms with Crippen molar-refractivity contribution in [3.05, 3.63) is 29.6 Å². The molecule has 1 aliphatic heterocycles. The molecule has 1 aliphatic rings. The molecule has 2 rings (SSSR count). The van der Waals surface area contributed by atoms with Crippen molar-refractivity contribution in [2.75, 3.05) is 24.7 Å². The van der Waals surface area contributed by atoms with Crippen LogP contribution in [0.5, 0.6) is 0 Å². The molecule has 1 aromatic rings. The van der Waals surface area contributed by atoms with E-state index in [1.165, 1.54) is 6.07 Å². The highest BCUT2D eigenvalue weighted by atomic mass is 31.2. The number of hydrogen-bond donors (Lipinski definition) is 1. The standard InChI is InChI=1S/C13H19FNO2P/c1-2-17-18(16)7-5-10(6-8-18)12-4-3-11(15)9-13(12)14/h3-4,9-10H,2,5-8,15H2,1H3. The molecule has 1 saturated heterocycles. The van der Waals surface area contributed by atoms with Gasteiger partial charge in [0, 0.05) is 18.0 Å². The van der Waals surface area contributed by atoms with Crippen LogP contribution in [0, 0.1) is 5.82 Å². The lowest BCUT2D eigenvalue weighted by atomic mass is 9.93. The Morgan fingerprint density at radius 3 is 2.67 bits per heavy atom. The number of nitrogens with two attached hydrogens (primary N) is 1. The first-order valence-corrected chi connectivity index (χ1v) is 8.31. The Labute approximate surface area is 107 Å². The number of benzene rings is 1. The minimum atomic E-state index is -2.44. The van der Waals surface area contributed by atoms with Gasteiger partial charge in [0.2, 0.25) is 7.37 Å². The summed E-state index contributed by atoms with van der Waals surface area (Å²) in [6.45, 7) is 2.34. The number of hydrogen-bond acceptors (Lipinski definition) is 3. The second kappa shape index (κ2) is 5.41. The van der Waals surface area contributed by atoms with Crippen LogP contribution < -0.4 is 5.73 Å². The van der Waals surface area contributed by atoms with Crippen molar-refractivity contribution >= 4 is 13.1 Å². The minimum absolute atomic E-state index is 0.133. The van der Waals surface area contributed by atoms with Crippen LogP contribution in [0.2, 0.25) is 0 Å². The fourth-order valence-electron chi connectivity index (χ4n) is 2.51. The summed E-state index contributed by atoms with van der Waals surface area (Å²) in [5.74, 6) is -0.124. The largest absolute Gasteiger partial charge is 0.399 e. The lowest BCUT2D eigenvalue weighted by molar-refractivity contribution is 0.323. The van der Waals surface area contributed by atoms with Crippen molar-refractivity contribution < 1.29 is 13.5 Å². The molecule has 3 nitrogen and oxygen atoms in total. The molecule has 18 heavy (non-hydrogen) atoms. The molecule has 0 atom stereocenters. The van der Waals surface area contributed by atoms with Crippen LogP contribution in [0.4, 0.5) is 10.1 Å². The van der Waals surface area contributed by atoms with Gasteiger partial charge in [0.25, 0.3) is 0 Å². The second-order valence-electron chi connectivity index (χ2n) is 4.73. The monoisotopic (exact) mass is 271 g/mol. The highest BCUT2D eigenvalue weighted by Gasteiger charge is 2.32. The van der Waals surface area contributed by atoms with Gasteiger partial charge in [-0.15, -0.1) is 0 Å². The normalized spacial score (nSPS) is 28.2. The lowest BCUT2D eigenvalue weighted by Crippen LogP contribution is -2.15. The molecule has 0 amide bonds. The van der Waals surface area contributed by atoms with Gasteiger partial charge in [-0.1, -0.05) is 6.07 Å². The molecule has 100 valence electrons. The summed E-state index contributed by atoms with van der Waals surface area (Å²) in [7, 11) is -2.44. The van der Waals surface area contributed by atoms with Crippen LogP contribution >= 0.6 is 7.37 Å². The van der Waals surface area contributed by atoms with Gasteiger partial charge in [0.15, 0.2) is 0 Å². The minimum Gasteiger partial charge on any atom is -0.399 e. The van der Waals surface area contributed by atoms with E-state index in [-0.39, 0.29) is 11.7 Å². The number of halogens is 1. The molecule has 0 bridgehead atoms. The SMILES string of the molecule is CCOP1(=O)CCC(c2ccc(N)cc2F)CC1. The molecule has 1 heterocycles. The predicted octanol–water partition coefficient (Wildman–Crippen LogP) is 3.60. The first-order valence-electron chi connectivity index (χ1n) is 6.31. The zero-order chi connectivity index (χ0) is 13.2. The summed E-state index contributed by atoms with van der Waals surface area (Å²) in [5.41, 5.74) is 6.66. The average molecular weight is 271 g/mol. The average Bonchev–Trinajstić information content (AvgIpc) is 2.31. The fourth-order valence-corrected chi connectivity index (χ4v) is 4.87. The smallest absolute Gasteiger partial charge is 0.203 e. The molecule has 1 aromatic carbocycles. The molecule has 0 saturated carbocycles. The first kappa shape index (κ1) is 13.6. The summed E-state index contributed by atoms with van der Waals surface area (Å²) in [4.78, 5) is 0. The summed E-state index contributed by atoms with van der Waals surface area (Å²) >= 11 is 0. The van der Waals surface area contributed by atoms with Crippen molar-refractivity contribution in [2.24, 2.45) is 0 Å². The quantitative estimate of drug-likeness (QED) is 0.675. The first-order chi connectivity index (χ1) is 8.54. The molecular formula is C13H19FNO2P. The van der Waals surface area contributed by atoms with Crippen molar-refractivity contribution in [3.8, 4) is 0 Å². The van der Waals surface area contributed by atoms with E-state index < -0.39 is 7.37 Å². The van der Waals surface area contributed by atoms with E-state index in [1.54, 1.807) is 12.1 Å². The molecule has 0 aliphatic carbocycles. The van der Waals surface area contributed by atoms with E-state index in [4.69, 9.17) is 10.3 Å². The van der Waals surface area contributed by atoms with Gasteiger partial charge < -0.3 is 10.3 Å². The Kier molecular flexibility index (Phi) is 4.08. The Bertz CT molecular complexity index is 466. The molecule has 2 N–H and O–H groups in total. The number of rotatable bonds is 3. The van der Waals surface area contributed by atoms with E-state index in [2.05, 4.69) is 0 Å². The van der Waals surface area contributed by atoms with E-state index in [9.17, 15) is 8.96 Å². The predicted molar refractivity (Wildman–Crippen MR) is 71.8 cm³/mol. The van der Waals surface area contributed by atoms with Gasteiger partial charge in [0.1, 0.15) is 5.82 Å². The molecule has 5 heteroatoms. The number of nitrogen functional groups attached to an aromatic ring is 1. The van der Waals surface area contributed by atoms with E-state index in [1.807, 2.05) is 6.92 Å². The maximum Gasteiger partial charge on any atom is 0.203 e. The van der Waals surface area contributed by atoms with E-state index in [0.29, 0.717) is 30.2 Å². The van der Waals surface area contributed by atoms with Crippen LogP contribution in [0.3, 0.4) is 0 Å². The Morgan fingerprint density at radius 1 is 1.44 bits per heavy atom. The van der Waals surface area contributed by atoms with E-state index in [0.717, 1.165) is 12.8 Å². The van der Waals surface area contributed by atoms with Crippen LogP contribution in [0.15, 0.2) is 18.2 Å². The van der Waals surface area contributed by atoms with Crippen molar-refractivity contribution in [2.45, 2.75) is 25.7 Å². The number of anilines is 1. The maximum atomic E-state index is 13.8. The molecule has 0 aromatic heterocycles. The van der Waals surface area contributed by atoms with Crippen molar-refractivity contribution in [3.63, 3.8) is 0 Å². The Morgan fingerprint density at radius 2 is 2.11 bits per heavy atom. The van der Waals surface area contributed by atoms with Crippen LogP contribution in [-0.2, 0) is 9.09 Å². The fraction of sp³-hybridized carbons (Fsp3) is 0.538. The van der Waals surface area contributed by atoms with Crippen molar-refractivity contribution in [1.29, 1.82) is 0 Å². The summed E-state index contributed by atoms with van der Waals surface area (Å²) in [5, 5.41) is 0. The van der Waals surface area contributed by atoms with Gasteiger partial charge in [-0.25, -0.2) is 4.39 Å². The third kappa shape index (κ3) is 2.93. The summed E-state index contributed by atoms with van der Waals surface area (Å²) < 4.78 is 31.4. The molecular weight excluding hydrogens is 252 g/mol.